The summed E-state index contributed by atoms with van der Waals surface area (Å²) < 4.78 is 42.5. The molecule has 6 aromatic rings. The Hall–Kier alpha value is -4.23. The molecule has 7 nitrogen and oxygen atoms in total. The van der Waals surface area contributed by atoms with E-state index in [1.165, 1.54) is 12.4 Å². The van der Waals surface area contributed by atoms with E-state index in [0.29, 0.717) is 38.5 Å². The number of Topliss-reactive ketones (excluding diaryl/α,β-unsaturated/α-hetero) is 1. The molecule has 49 heavy (non-hydrogen) atoms. The van der Waals surface area contributed by atoms with Gasteiger partial charge in [0.15, 0.2) is 11.5 Å². The van der Waals surface area contributed by atoms with E-state index in [1.54, 1.807) is 51.6 Å². The van der Waals surface area contributed by atoms with Crippen LogP contribution in [0.15, 0.2) is 118 Å². The number of hydrogen-bond donors (Lipinski definition) is 1. The Morgan fingerprint density at radius 1 is 0.673 bits per heavy atom. The molecule has 1 N–H and O–H groups in total. The van der Waals surface area contributed by atoms with Crippen molar-refractivity contribution in [2.45, 2.75) is 19.0 Å². The fraction of sp³-hybridized carbons (Fsp3) is 0.0857. The molecule has 0 spiro atoms. The Balaban J connectivity index is 0.000000195. The summed E-state index contributed by atoms with van der Waals surface area (Å²) in [6.07, 6.45) is -3.29. The molecular formula is C35H23Br2Cl2F3N4O3. The number of rotatable bonds is 8. The lowest BCUT2D eigenvalue weighted by Gasteiger charge is -2.09. The number of hydrogen-bond acceptors (Lipinski definition) is 4. The predicted octanol–water partition coefficient (Wildman–Crippen LogP) is 11.1. The van der Waals surface area contributed by atoms with Gasteiger partial charge in [-0.1, -0.05) is 79.3 Å². The maximum Gasteiger partial charge on any atom is 0.389 e. The normalized spacial score (nSPS) is 11.2. The van der Waals surface area contributed by atoms with E-state index < -0.39 is 30.8 Å². The average Bonchev–Trinajstić information content (AvgIpc) is 3.71. The van der Waals surface area contributed by atoms with Crippen LogP contribution in [-0.2, 0) is 0 Å². The van der Waals surface area contributed by atoms with Crippen LogP contribution in [0.5, 0.6) is 0 Å². The molecule has 0 saturated carbocycles. The van der Waals surface area contributed by atoms with Gasteiger partial charge in [0.05, 0.1) is 16.5 Å². The number of nitrogens with zero attached hydrogens (tertiary/aromatic N) is 4. The summed E-state index contributed by atoms with van der Waals surface area (Å²) in [6, 6.07) is 28.9. The van der Waals surface area contributed by atoms with Gasteiger partial charge in [-0.05, 0) is 72.8 Å². The van der Waals surface area contributed by atoms with Crippen molar-refractivity contribution in [3.63, 3.8) is 0 Å². The Labute approximate surface area is 305 Å². The highest BCUT2D eigenvalue weighted by Gasteiger charge is 2.29. The van der Waals surface area contributed by atoms with E-state index in [1.807, 2.05) is 54.6 Å². The number of halogens is 7. The van der Waals surface area contributed by atoms with Crippen molar-refractivity contribution >= 4 is 66.8 Å². The smallest absolute Gasteiger partial charge is 0.389 e. The first-order valence-corrected chi connectivity index (χ1v) is 16.7. The van der Waals surface area contributed by atoms with Crippen molar-refractivity contribution in [2.75, 3.05) is 0 Å². The summed E-state index contributed by atoms with van der Waals surface area (Å²) in [6.45, 7) is 0. The van der Waals surface area contributed by atoms with Gasteiger partial charge in [-0.2, -0.15) is 13.2 Å². The van der Waals surface area contributed by atoms with E-state index in [4.69, 9.17) is 23.2 Å². The lowest BCUT2D eigenvalue weighted by molar-refractivity contribution is -0.133. The third-order valence-electron chi connectivity index (χ3n) is 6.99. The highest BCUT2D eigenvalue weighted by Crippen LogP contribution is 2.32. The number of carbonyl (C=O) groups excluding carboxylic acids is 1. The Morgan fingerprint density at radius 2 is 1.08 bits per heavy atom. The predicted molar refractivity (Wildman–Crippen MR) is 190 cm³/mol. The zero-order valence-electron chi connectivity index (χ0n) is 25.0. The molecule has 0 aliphatic carbocycles. The van der Waals surface area contributed by atoms with Crippen LogP contribution >= 0.6 is 55.1 Å². The number of benzene rings is 4. The largest absolute Gasteiger partial charge is 0.476 e. The van der Waals surface area contributed by atoms with Gasteiger partial charge in [-0.3, -0.25) is 13.9 Å². The number of ketones is 1. The van der Waals surface area contributed by atoms with Gasteiger partial charge in [0, 0.05) is 50.3 Å². The molecule has 4 aromatic carbocycles. The summed E-state index contributed by atoms with van der Waals surface area (Å²) >= 11 is 19.2. The fourth-order valence-electron chi connectivity index (χ4n) is 4.64. The highest BCUT2D eigenvalue weighted by atomic mass is 79.9. The molecule has 0 bridgehead atoms. The number of carbonyl (C=O) groups is 2. The summed E-state index contributed by atoms with van der Waals surface area (Å²) in [5, 5.41) is 10.2. The highest BCUT2D eigenvalue weighted by molar-refractivity contribution is 9.10. The Morgan fingerprint density at radius 3 is 1.49 bits per heavy atom. The second kappa shape index (κ2) is 15.5. The van der Waals surface area contributed by atoms with Crippen LogP contribution < -0.4 is 0 Å². The topological polar surface area (TPSA) is 90.0 Å². The molecule has 0 amide bonds. The van der Waals surface area contributed by atoms with E-state index >= 15 is 0 Å². The van der Waals surface area contributed by atoms with Gasteiger partial charge in [-0.15, -0.1) is 0 Å². The molecule has 0 aliphatic rings. The van der Waals surface area contributed by atoms with Crippen molar-refractivity contribution < 1.29 is 27.9 Å². The van der Waals surface area contributed by atoms with Gasteiger partial charge in [0.25, 0.3) is 0 Å². The molecule has 2 heterocycles. The number of aromatic carboxylic acids is 1. The molecule has 2 aromatic heterocycles. The lowest BCUT2D eigenvalue weighted by Crippen LogP contribution is -2.11. The summed E-state index contributed by atoms with van der Waals surface area (Å²) in [5.41, 5.74) is 2.71. The van der Waals surface area contributed by atoms with E-state index in [-0.39, 0.29) is 11.4 Å². The quantitative estimate of drug-likeness (QED) is 0.154. The molecule has 0 saturated heterocycles. The molecule has 14 heteroatoms. The summed E-state index contributed by atoms with van der Waals surface area (Å²) in [4.78, 5) is 32.0. The van der Waals surface area contributed by atoms with Crippen LogP contribution in [0.1, 0.15) is 33.8 Å². The SMILES string of the molecule is O=C(CCC(F)(F)F)c1cn(-c2ccc(Br)cc2)c(-c2ccccc2Cl)n1.O=C(O)c1cn(-c2ccc(Br)cc2)c(-c2ccccc2Cl)n1. The minimum atomic E-state index is -4.39. The second-order valence-electron chi connectivity index (χ2n) is 10.4. The minimum Gasteiger partial charge on any atom is -0.476 e. The first kappa shape index (κ1) is 36.1. The van der Waals surface area contributed by atoms with Crippen molar-refractivity contribution in [3.05, 3.63) is 140 Å². The van der Waals surface area contributed by atoms with Gasteiger partial charge < -0.3 is 5.11 Å². The average molecular weight is 835 g/mol. The van der Waals surface area contributed by atoms with Crippen molar-refractivity contribution in [3.8, 4) is 34.2 Å². The molecule has 0 aliphatic heterocycles. The molecule has 0 atom stereocenters. The molecule has 0 unspecified atom stereocenters. The first-order chi connectivity index (χ1) is 23.3. The zero-order chi connectivity index (χ0) is 35.3. The van der Waals surface area contributed by atoms with Gasteiger partial charge in [0.1, 0.15) is 17.3 Å². The summed E-state index contributed by atoms with van der Waals surface area (Å²) in [7, 11) is 0. The third kappa shape index (κ3) is 9.07. The molecule has 6 rings (SSSR count). The standard InChI is InChI=1S/C19H13BrClF3N2O.C16H10BrClN2O2/c20-12-5-7-13(8-6-12)26-11-16(17(27)9-10-19(22,23)24)25-18(26)14-3-1-2-4-15(14)21;17-10-5-7-11(8-6-10)20-9-14(16(21)22)19-15(20)12-3-1-2-4-13(12)18/h1-8,11H,9-10H2;1-9H,(H,21,22). The lowest BCUT2D eigenvalue weighted by atomic mass is 10.2. The first-order valence-electron chi connectivity index (χ1n) is 14.3. The van der Waals surface area contributed by atoms with Crippen LogP contribution in [0.3, 0.4) is 0 Å². The van der Waals surface area contributed by atoms with Crippen LogP contribution in [0, 0.1) is 0 Å². The maximum atomic E-state index is 12.4. The summed E-state index contributed by atoms with van der Waals surface area (Å²) in [5.74, 6) is -0.871. The van der Waals surface area contributed by atoms with Crippen molar-refractivity contribution in [1.82, 2.24) is 19.1 Å². The number of alkyl halides is 3. The number of aromatic nitrogens is 4. The Kier molecular flexibility index (Phi) is 11.4. The van der Waals surface area contributed by atoms with E-state index in [2.05, 4.69) is 41.8 Å². The minimum absolute atomic E-state index is 0.0298. The second-order valence-corrected chi connectivity index (χ2v) is 13.0. The van der Waals surface area contributed by atoms with Crippen molar-refractivity contribution in [1.29, 1.82) is 0 Å². The Bertz CT molecular complexity index is 2120. The van der Waals surface area contributed by atoms with Gasteiger partial charge in [0.2, 0.25) is 0 Å². The van der Waals surface area contributed by atoms with E-state index in [9.17, 15) is 27.9 Å². The number of imidazole rings is 2. The monoisotopic (exact) mass is 832 g/mol. The molecule has 0 radical (unpaired) electrons. The van der Waals surface area contributed by atoms with Gasteiger partial charge >= 0.3 is 12.1 Å². The van der Waals surface area contributed by atoms with E-state index in [0.717, 1.165) is 14.6 Å². The van der Waals surface area contributed by atoms with Crippen LogP contribution in [0.4, 0.5) is 13.2 Å². The van der Waals surface area contributed by atoms with Crippen LogP contribution in [-0.4, -0.2) is 42.1 Å². The molecule has 0 fully saturated rings. The number of carboxylic acids is 1. The third-order valence-corrected chi connectivity index (χ3v) is 8.71. The maximum absolute atomic E-state index is 12.4. The van der Waals surface area contributed by atoms with Gasteiger partial charge in [-0.25, -0.2) is 14.8 Å². The van der Waals surface area contributed by atoms with Crippen molar-refractivity contribution in [2.24, 2.45) is 0 Å². The molecule has 250 valence electrons. The number of carboxylic acid groups (broad SMARTS) is 1. The fourth-order valence-corrected chi connectivity index (χ4v) is 5.61. The molecular weight excluding hydrogens is 812 g/mol. The van der Waals surface area contributed by atoms with Crippen LogP contribution in [0.2, 0.25) is 10.0 Å². The zero-order valence-corrected chi connectivity index (χ0v) is 29.7. The van der Waals surface area contributed by atoms with Crippen LogP contribution in [0.25, 0.3) is 34.2 Å².